The second kappa shape index (κ2) is 7.28. The van der Waals surface area contributed by atoms with Gasteiger partial charge in [0.25, 0.3) is 0 Å². The highest BCUT2D eigenvalue weighted by Gasteiger charge is 2.21. The maximum Gasteiger partial charge on any atom is 0.195 e. The van der Waals surface area contributed by atoms with Crippen molar-refractivity contribution in [2.45, 2.75) is 19.9 Å². The second-order valence-electron chi connectivity index (χ2n) is 5.87. The molecule has 0 saturated heterocycles. The summed E-state index contributed by atoms with van der Waals surface area (Å²) in [7, 11) is 1.58. The number of nitrogens with zero attached hydrogens (tertiary/aromatic N) is 1. The van der Waals surface area contributed by atoms with Crippen LogP contribution in [-0.4, -0.2) is 23.3 Å². The Bertz CT molecular complexity index is 916. The highest BCUT2D eigenvalue weighted by Crippen LogP contribution is 2.29. The maximum atomic E-state index is 13.8. The summed E-state index contributed by atoms with van der Waals surface area (Å²) in [6.07, 6.45) is 0.777. The van der Waals surface area contributed by atoms with Gasteiger partial charge in [-0.15, -0.1) is 11.6 Å². The smallest absolute Gasteiger partial charge is 0.195 e. The molecule has 0 aliphatic rings. The molecule has 0 unspecified atom stereocenters. The molecule has 0 amide bonds. The van der Waals surface area contributed by atoms with Crippen molar-refractivity contribution >= 4 is 28.3 Å². The summed E-state index contributed by atoms with van der Waals surface area (Å²) in [5, 5.41) is 0.632. The van der Waals surface area contributed by atoms with Gasteiger partial charge in [0, 0.05) is 34.6 Å². The molecule has 0 radical (unpaired) electrons. The number of rotatable bonds is 6. The number of ether oxygens (including phenoxy) is 1. The van der Waals surface area contributed by atoms with Crippen molar-refractivity contribution in [3.05, 3.63) is 65.1 Å². The molecule has 1 aromatic heterocycles. The molecule has 0 saturated carbocycles. The third-order valence-electron chi connectivity index (χ3n) is 4.38. The first-order valence-electron chi connectivity index (χ1n) is 8.10. The first kappa shape index (κ1) is 17.5. The number of carbonyl (C=O) groups excluding carboxylic acids is 1. The van der Waals surface area contributed by atoms with Crippen LogP contribution in [-0.2, 0) is 6.54 Å². The van der Waals surface area contributed by atoms with E-state index in [1.807, 2.05) is 11.5 Å². The van der Waals surface area contributed by atoms with Gasteiger partial charge in [-0.25, -0.2) is 4.39 Å². The van der Waals surface area contributed by atoms with Crippen LogP contribution >= 0.6 is 11.6 Å². The summed E-state index contributed by atoms with van der Waals surface area (Å²) in [6, 6.07) is 11.5. The molecule has 0 spiro atoms. The quantitative estimate of drug-likeness (QED) is 0.460. The molecule has 0 bridgehead atoms. The normalized spacial score (nSPS) is 11.0. The highest BCUT2D eigenvalue weighted by molar-refractivity contribution is 6.18. The van der Waals surface area contributed by atoms with E-state index >= 15 is 0 Å². The number of halogens is 2. The van der Waals surface area contributed by atoms with Crippen LogP contribution in [0.1, 0.15) is 28.0 Å². The van der Waals surface area contributed by atoms with Gasteiger partial charge >= 0.3 is 0 Å². The fourth-order valence-corrected chi connectivity index (χ4v) is 3.25. The molecule has 130 valence electrons. The SMILES string of the molecule is COc1ccc(C(=O)c2c(C)n(CCCCl)c3ccc(F)cc23)cc1. The number of ketones is 1. The molecule has 25 heavy (non-hydrogen) atoms. The Morgan fingerprint density at radius 3 is 2.56 bits per heavy atom. The van der Waals surface area contributed by atoms with Gasteiger partial charge < -0.3 is 9.30 Å². The van der Waals surface area contributed by atoms with E-state index in [0.29, 0.717) is 34.7 Å². The van der Waals surface area contributed by atoms with Crippen molar-refractivity contribution in [3.8, 4) is 5.75 Å². The Labute approximate surface area is 151 Å². The second-order valence-corrected chi connectivity index (χ2v) is 6.25. The van der Waals surface area contributed by atoms with Gasteiger partial charge in [-0.05, 0) is 55.8 Å². The zero-order valence-electron chi connectivity index (χ0n) is 14.2. The van der Waals surface area contributed by atoms with Gasteiger partial charge in [-0.3, -0.25) is 4.79 Å². The molecule has 0 N–H and O–H groups in total. The largest absolute Gasteiger partial charge is 0.497 e. The van der Waals surface area contributed by atoms with E-state index in [0.717, 1.165) is 17.6 Å². The molecular formula is C20H19ClFNO2. The van der Waals surface area contributed by atoms with Crippen molar-refractivity contribution in [2.75, 3.05) is 13.0 Å². The standard InChI is InChI=1S/C20H19ClFNO2/c1-13-19(20(24)14-4-7-16(25-2)8-5-14)17-12-15(22)6-9-18(17)23(13)11-3-10-21/h4-9,12H,3,10-11H2,1-2H3. The van der Waals surface area contributed by atoms with Crippen molar-refractivity contribution < 1.29 is 13.9 Å². The van der Waals surface area contributed by atoms with Crippen LogP contribution in [0.3, 0.4) is 0 Å². The molecule has 2 aromatic carbocycles. The summed E-state index contributed by atoms with van der Waals surface area (Å²) in [4.78, 5) is 13.1. The number of hydrogen-bond donors (Lipinski definition) is 0. The van der Waals surface area contributed by atoms with Crippen molar-refractivity contribution in [2.24, 2.45) is 0 Å². The minimum Gasteiger partial charge on any atom is -0.497 e. The number of aryl methyl sites for hydroxylation is 1. The third kappa shape index (κ3) is 3.27. The van der Waals surface area contributed by atoms with E-state index in [4.69, 9.17) is 16.3 Å². The lowest BCUT2D eigenvalue weighted by Crippen LogP contribution is -2.06. The van der Waals surface area contributed by atoms with Gasteiger partial charge in [0.15, 0.2) is 5.78 Å². The molecule has 3 nitrogen and oxygen atoms in total. The number of fused-ring (bicyclic) bond motifs is 1. The van der Waals surface area contributed by atoms with E-state index < -0.39 is 0 Å². The number of alkyl halides is 1. The van der Waals surface area contributed by atoms with Crippen LogP contribution < -0.4 is 4.74 Å². The zero-order chi connectivity index (χ0) is 18.0. The van der Waals surface area contributed by atoms with Crippen molar-refractivity contribution in [1.82, 2.24) is 4.57 Å². The van der Waals surface area contributed by atoms with Crippen LogP contribution in [0, 0.1) is 12.7 Å². The summed E-state index contributed by atoms with van der Waals surface area (Å²) < 4.78 is 21.0. The molecule has 0 atom stereocenters. The Morgan fingerprint density at radius 1 is 1.20 bits per heavy atom. The van der Waals surface area contributed by atoms with Crippen LogP contribution in [0.5, 0.6) is 5.75 Å². The molecule has 3 rings (SSSR count). The minimum absolute atomic E-state index is 0.125. The number of aromatic nitrogens is 1. The van der Waals surface area contributed by atoms with E-state index in [2.05, 4.69) is 0 Å². The van der Waals surface area contributed by atoms with Gasteiger partial charge in [-0.2, -0.15) is 0 Å². The van der Waals surface area contributed by atoms with Crippen LogP contribution in [0.25, 0.3) is 10.9 Å². The summed E-state index contributed by atoms with van der Waals surface area (Å²) >= 11 is 5.82. The third-order valence-corrected chi connectivity index (χ3v) is 4.65. The van der Waals surface area contributed by atoms with Gasteiger partial charge in [0.05, 0.1) is 12.7 Å². The number of hydrogen-bond acceptors (Lipinski definition) is 2. The number of benzene rings is 2. The minimum atomic E-state index is -0.356. The van der Waals surface area contributed by atoms with E-state index in [1.165, 1.54) is 12.1 Å². The van der Waals surface area contributed by atoms with Crippen LogP contribution in [0.4, 0.5) is 4.39 Å². The molecule has 0 fully saturated rings. The van der Waals surface area contributed by atoms with Crippen molar-refractivity contribution in [3.63, 3.8) is 0 Å². The predicted molar refractivity (Wildman–Crippen MR) is 98.4 cm³/mol. The average Bonchev–Trinajstić information content (AvgIpc) is 2.90. The van der Waals surface area contributed by atoms with Crippen molar-refractivity contribution in [1.29, 1.82) is 0 Å². The highest BCUT2D eigenvalue weighted by atomic mass is 35.5. The first-order valence-corrected chi connectivity index (χ1v) is 8.63. The van der Waals surface area contributed by atoms with Gasteiger partial charge in [0.1, 0.15) is 11.6 Å². The molecule has 1 heterocycles. The van der Waals surface area contributed by atoms with Gasteiger partial charge in [-0.1, -0.05) is 0 Å². The van der Waals surface area contributed by atoms with E-state index in [-0.39, 0.29) is 11.6 Å². The number of methoxy groups -OCH3 is 1. The lowest BCUT2D eigenvalue weighted by atomic mass is 10.0. The molecule has 0 aliphatic carbocycles. The maximum absolute atomic E-state index is 13.8. The van der Waals surface area contributed by atoms with E-state index in [9.17, 15) is 9.18 Å². The van der Waals surface area contributed by atoms with E-state index in [1.54, 1.807) is 37.4 Å². The molecule has 3 aromatic rings. The average molecular weight is 360 g/mol. The lowest BCUT2D eigenvalue weighted by molar-refractivity contribution is 0.103. The fourth-order valence-electron chi connectivity index (χ4n) is 3.13. The van der Waals surface area contributed by atoms with Crippen LogP contribution in [0.15, 0.2) is 42.5 Å². The fraction of sp³-hybridized carbons (Fsp3) is 0.250. The monoisotopic (exact) mass is 359 g/mol. The topological polar surface area (TPSA) is 31.2 Å². The lowest BCUT2D eigenvalue weighted by Gasteiger charge is -2.07. The molecule has 5 heteroatoms. The Kier molecular flexibility index (Phi) is 5.09. The zero-order valence-corrected chi connectivity index (χ0v) is 14.9. The summed E-state index contributed by atoms with van der Waals surface area (Å²) in [6.45, 7) is 2.58. The molecule has 0 aliphatic heterocycles. The number of carbonyl (C=O) groups is 1. The Morgan fingerprint density at radius 2 is 1.92 bits per heavy atom. The van der Waals surface area contributed by atoms with Gasteiger partial charge in [0.2, 0.25) is 0 Å². The first-order chi connectivity index (χ1) is 12.1. The van der Waals surface area contributed by atoms with Crippen LogP contribution in [0.2, 0.25) is 0 Å². The molecular weight excluding hydrogens is 341 g/mol. The predicted octanol–water partition coefficient (Wildman–Crippen LogP) is 4.96. The Balaban J connectivity index is 2.14. The Hall–Kier alpha value is -2.33. The summed E-state index contributed by atoms with van der Waals surface area (Å²) in [5.74, 6) is 0.734. The summed E-state index contributed by atoms with van der Waals surface area (Å²) in [5.41, 5.74) is 2.76.